The van der Waals surface area contributed by atoms with Crippen molar-refractivity contribution in [2.75, 3.05) is 0 Å². The van der Waals surface area contributed by atoms with Gasteiger partial charge in [0, 0.05) is 40.9 Å². The highest BCUT2D eigenvalue weighted by Crippen LogP contribution is 2.55. The molecule has 42 heavy (non-hydrogen) atoms. The van der Waals surface area contributed by atoms with Crippen LogP contribution in [0.15, 0.2) is 73.1 Å². The van der Waals surface area contributed by atoms with Crippen LogP contribution in [-0.4, -0.2) is 41.1 Å². The number of nitrogens with one attached hydrogen (secondary N) is 1. The number of pyridine rings is 1. The highest BCUT2D eigenvalue weighted by atomic mass is 35.5. The molecule has 2 heterocycles. The Balaban J connectivity index is 1.64. The molecule has 222 valence electrons. The van der Waals surface area contributed by atoms with E-state index in [1.54, 1.807) is 47.9 Å². The number of carbonyl (C=O) groups excluding carboxylic acids is 1. The second-order valence-corrected chi connectivity index (χ2v) is 13.4. The van der Waals surface area contributed by atoms with Crippen molar-refractivity contribution in [1.29, 1.82) is 0 Å². The third-order valence-electron chi connectivity index (χ3n) is 8.65. The molecule has 11 heteroatoms. The van der Waals surface area contributed by atoms with Crippen LogP contribution in [0, 0.1) is 11.3 Å². The fourth-order valence-electron chi connectivity index (χ4n) is 6.53. The van der Waals surface area contributed by atoms with Gasteiger partial charge in [-0.25, -0.2) is 4.21 Å². The number of aliphatic carboxylic acids is 1. The van der Waals surface area contributed by atoms with E-state index in [0.717, 1.165) is 29.5 Å². The Bertz CT molecular complexity index is 1470. The number of benzene rings is 2. The monoisotopic (exact) mass is 629 g/mol. The summed E-state index contributed by atoms with van der Waals surface area (Å²) in [6, 6.07) is 17.9. The third-order valence-corrected chi connectivity index (χ3v) is 9.97. The van der Waals surface area contributed by atoms with Crippen molar-refractivity contribution >= 4 is 46.3 Å². The maximum Gasteiger partial charge on any atom is 0.304 e. The molecule has 0 spiro atoms. The smallest absolute Gasteiger partial charge is 0.304 e. The predicted molar refractivity (Wildman–Crippen MR) is 162 cm³/mol. The van der Waals surface area contributed by atoms with Gasteiger partial charge >= 0.3 is 5.97 Å². The Hall–Kier alpha value is -2.82. The van der Waals surface area contributed by atoms with E-state index in [-0.39, 0.29) is 37.1 Å². The number of carboxylic acids is 1. The van der Waals surface area contributed by atoms with E-state index in [1.807, 2.05) is 36.4 Å². The van der Waals surface area contributed by atoms with Crippen LogP contribution < -0.4 is 5.32 Å². The molecular formula is C31H33Cl2N3O5S. The zero-order chi connectivity index (χ0) is 30.1. The highest BCUT2D eigenvalue weighted by molar-refractivity contribution is 7.76. The van der Waals surface area contributed by atoms with Gasteiger partial charge < -0.3 is 10.4 Å². The number of nitrogens with zero attached hydrogens (tertiary/aromatic N) is 2. The van der Waals surface area contributed by atoms with Gasteiger partial charge in [-0.3, -0.25) is 19.1 Å². The van der Waals surface area contributed by atoms with Gasteiger partial charge in [-0.15, -0.1) is 0 Å². The Morgan fingerprint density at radius 3 is 2.48 bits per heavy atom. The second kappa shape index (κ2) is 12.4. The highest BCUT2D eigenvalue weighted by Gasteiger charge is 2.56. The van der Waals surface area contributed by atoms with Gasteiger partial charge in [-0.2, -0.15) is 4.31 Å². The van der Waals surface area contributed by atoms with E-state index in [9.17, 15) is 23.5 Å². The number of hydrogen-bond donors (Lipinski definition) is 3. The SMILES string of the molecule is CC1(CC(=O)O)CC(c2cccc(Cl)c2)C(CC(c2ccc(Cl)cc2)(C2CC2)N(Cc2cccnc2)S(=O)O)NC1=O. The predicted octanol–water partition coefficient (Wildman–Crippen LogP) is 6.18. The molecule has 2 aliphatic rings. The largest absolute Gasteiger partial charge is 0.481 e. The topological polar surface area (TPSA) is 120 Å². The summed E-state index contributed by atoms with van der Waals surface area (Å²) in [6.45, 7) is 1.82. The van der Waals surface area contributed by atoms with Crippen molar-refractivity contribution in [3.05, 3.63) is 99.8 Å². The summed E-state index contributed by atoms with van der Waals surface area (Å²) in [5.74, 6) is -1.68. The number of piperidine rings is 1. The lowest BCUT2D eigenvalue weighted by Crippen LogP contribution is -2.58. The molecule has 1 aliphatic heterocycles. The number of amides is 1. The van der Waals surface area contributed by atoms with Crippen molar-refractivity contribution in [2.24, 2.45) is 11.3 Å². The minimum atomic E-state index is -2.39. The number of carbonyl (C=O) groups is 2. The van der Waals surface area contributed by atoms with Gasteiger partial charge in [0.05, 0.1) is 17.4 Å². The van der Waals surface area contributed by atoms with Gasteiger partial charge in [-0.05, 0) is 78.6 Å². The van der Waals surface area contributed by atoms with Crippen LogP contribution in [0.5, 0.6) is 0 Å². The Labute approximate surface area is 257 Å². The van der Waals surface area contributed by atoms with Crippen LogP contribution in [0.4, 0.5) is 0 Å². The van der Waals surface area contributed by atoms with Crippen LogP contribution >= 0.6 is 23.2 Å². The summed E-state index contributed by atoms with van der Waals surface area (Å²) < 4.78 is 25.7. The van der Waals surface area contributed by atoms with E-state index in [0.29, 0.717) is 16.5 Å². The van der Waals surface area contributed by atoms with Gasteiger partial charge in [0.2, 0.25) is 17.2 Å². The summed E-state index contributed by atoms with van der Waals surface area (Å²) in [6.07, 6.45) is 5.26. The summed E-state index contributed by atoms with van der Waals surface area (Å²) in [7, 11) is 0. The standard InChI is InChI=1S/C31H33Cl2N3O5S/c1-30(17-28(37)38)15-26(21-5-2-6-25(33)14-21)27(35-29(30)39)16-31(22-7-8-22,23-9-11-24(32)12-10-23)36(42(40)41)19-20-4-3-13-34-18-20/h2-6,9-14,18,22,26-27H,7-8,15-17,19H2,1H3,(H,35,39)(H,37,38)(H,40,41). The van der Waals surface area contributed by atoms with Crippen molar-refractivity contribution in [1.82, 2.24) is 14.6 Å². The first-order valence-electron chi connectivity index (χ1n) is 13.8. The number of aromatic nitrogens is 1. The Morgan fingerprint density at radius 2 is 1.88 bits per heavy atom. The second-order valence-electron chi connectivity index (χ2n) is 11.6. The van der Waals surface area contributed by atoms with Crippen molar-refractivity contribution < 1.29 is 23.5 Å². The minimum Gasteiger partial charge on any atom is -0.481 e. The molecule has 8 nitrogen and oxygen atoms in total. The summed E-state index contributed by atoms with van der Waals surface area (Å²) >= 11 is 10.3. The average molecular weight is 631 g/mol. The lowest BCUT2D eigenvalue weighted by Gasteiger charge is -2.49. The first-order valence-corrected chi connectivity index (χ1v) is 15.7. The molecule has 5 rings (SSSR count). The summed E-state index contributed by atoms with van der Waals surface area (Å²) in [4.78, 5) is 29.6. The Morgan fingerprint density at radius 1 is 1.14 bits per heavy atom. The van der Waals surface area contributed by atoms with Crippen LogP contribution in [0.1, 0.15) is 61.6 Å². The molecular weight excluding hydrogens is 597 g/mol. The van der Waals surface area contributed by atoms with Crippen LogP contribution in [0.2, 0.25) is 10.0 Å². The number of halogens is 2. The van der Waals surface area contributed by atoms with E-state index in [2.05, 4.69) is 10.3 Å². The lowest BCUT2D eigenvalue weighted by atomic mass is 9.66. The number of rotatable bonds is 11. The van der Waals surface area contributed by atoms with Gasteiger partial charge in [0.15, 0.2) is 0 Å². The first-order chi connectivity index (χ1) is 20.0. The normalized spacial score (nSPS) is 24.5. The van der Waals surface area contributed by atoms with Crippen LogP contribution in [-0.2, 0) is 32.9 Å². The molecule has 2 fully saturated rings. The molecule has 1 aliphatic carbocycles. The van der Waals surface area contributed by atoms with Gasteiger partial charge in [0.25, 0.3) is 0 Å². The van der Waals surface area contributed by atoms with Crippen molar-refractivity contribution in [2.45, 2.75) is 63.1 Å². The number of carboxylic acid groups (broad SMARTS) is 1. The van der Waals surface area contributed by atoms with Crippen LogP contribution in [0.25, 0.3) is 0 Å². The molecule has 0 radical (unpaired) electrons. The third kappa shape index (κ3) is 6.40. The maximum absolute atomic E-state index is 13.6. The molecule has 0 bridgehead atoms. The maximum atomic E-state index is 13.6. The zero-order valence-electron chi connectivity index (χ0n) is 23.1. The fourth-order valence-corrected chi connectivity index (χ4v) is 7.72. The van der Waals surface area contributed by atoms with E-state index in [1.165, 1.54) is 0 Å². The molecule has 3 aromatic rings. The molecule has 1 amide bonds. The van der Waals surface area contributed by atoms with E-state index < -0.39 is 34.2 Å². The zero-order valence-corrected chi connectivity index (χ0v) is 25.4. The van der Waals surface area contributed by atoms with Crippen molar-refractivity contribution in [3.8, 4) is 0 Å². The molecule has 2 aromatic carbocycles. The Kier molecular flexibility index (Phi) is 9.06. The quantitative estimate of drug-likeness (QED) is 0.218. The summed E-state index contributed by atoms with van der Waals surface area (Å²) in [5, 5.41) is 13.9. The summed E-state index contributed by atoms with van der Waals surface area (Å²) in [5.41, 5.74) is 0.349. The van der Waals surface area contributed by atoms with Crippen LogP contribution in [0.3, 0.4) is 0 Å². The molecule has 1 aromatic heterocycles. The minimum absolute atomic E-state index is 0.0238. The molecule has 5 atom stereocenters. The van der Waals surface area contributed by atoms with Gasteiger partial charge in [-0.1, -0.05) is 60.5 Å². The number of hydrogen-bond acceptors (Lipinski definition) is 4. The average Bonchev–Trinajstić information content (AvgIpc) is 3.79. The lowest BCUT2D eigenvalue weighted by molar-refractivity contribution is -0.147. The fraction of sp³-hybridized carbons (Fsp3) is 0.387. The molecule has 5 unspecified atom stereocenters. The van der Waals surface area contributed by atoms with E-state index in [4.69, 9.17) is 23.2 Å². The van der Waals surface area contributed by atoms with Crippen molar-refractivity contribution in [3.63, 3.8) is 0 Å². The molecule has 1 saturated heterocycles. The molecule has 3 N–H and O–H groups in total. The van der Waals surface area contributed by atoms with Gasteiger partial charge in [0.1, 0.15) is 0 Å². The van der Waals surface area contributed by atoms with E-state index >= 15 is 0 Å². The molecule has 1 saturated carbocycles. The first kappa shape index (κ1) is 30.6.